The van der Waals surface area contributed by atoms with Gasteiger partial charge in [-0.05, 0) is 64.1 Å². The molecule has 338 valence electrons. The predicted octanol–water partition coefficient (Wildman–Crippen LogP) is 6.62. The lowest BCUT2D eigenvalue weighted by atomic mass is 9.74. The number of rotatable bonds is 26. The summed E-state index contributed by atoms with van der Waals surface area (Å²) in [6.45, 7) is 7.97. The van der Waals surface area contributed by atoms with Gasteiger partial charge in [0.25, 0.3) is 5.69 Å². The molecule has 1 aliphatic rings. The van der Waals surface area contributed by atoms with Crippen LogP contribution in [0.1, 0.15) is 65.9 Å². The SMILES string of the molecule is CCOOCCN(CCOOCC)Cc1c(O)ccc2c1Oc1c(ccc(Oc3ccc([N+](=O)[O-])cc3)c1CN(CC(=O)OCC)CC(=O)OCC)C2(OC)c1ccccc1C=O. The first-order valence-electron chi connectivity index (χ1n) is 20.5. The van der Waals surface area contributed by atoms with Gasteiger partial charge in [0.2, 0.25) is 0 Å². The zero-order valence-electron chi connectivity index (χ0n) is 36.0. The number of benzene rings is 4. The summed E-state index contributed by atoms with van der Waals surface area (Å²) in [6, 6.07) is 18.9. The summed E-state index contributed by atoms with van der Waals surface area (Å²) < 4.78 is 30.6. The lowest BCUT2D eigenvalue weighted by Crippen LogP contribution is -2.38. The van der Waals surface area contributed by atoms with Gasteiger partial charge in [-0.3, -0.25) is 34.3 Å². The van der Waals surface area contributed by atoms with Crippen molar-refractivity contribution in [1.82, 2.24) is 9.80 Å². The Balaban J connectivity index is 1.79. The van der Waals surface area contributed by atoms with Crippen molar-refractivity contribution in [3.63, 3.8) is 0 Å². The molecule has 0 amide bonds. The maximum Gasteiger partial charge on any atom is 0.320 e. The number of phenols is 1. The number of nitro groups is 1. The van der Waals surface area contributed by atoms with Crippen LogP contribution in [0.25, 0.3) is 0 Å². The molecule has 1 aliphatic heterocycles. The number of methoxy groups -OCH3 is 1. The number of fused-ring (bicyclic) bond motifs is 2. The van der Waals surface area contributed by atoms with Crippen molar-refractivity contribution in [2.24, 2.45) is 0 Å². The molecule has 0 saturated heterocycles. The number of hydrogen-bond acceptors (Lipinski definition) is 17. The van der Waals surface area contributed by atoms with Crippen molar-refractivity contribution in [2.45, 2.75) is 46.4 Å². The topological polar surface area (TPSA) is 204 Å². The highest BCUT2D eigenvalue weighted by Crippen LogP contribution is 2.57. The highest BCUT2D eigenvalue weighted by molar-refractivity contribution is 5.81. The van der Waals surface area contributed by atoms with E-state index in [-0.39, 0.29) is 87.0 Å². The standard InChI is InChI=1S/C45H53N3O15/c1-6-56-41(51)28-47(29-42(52)57-7-2)27-35-40(62-33-16-14-32(15-17-33)48(53)54)21-19-38-44(35)63-43-34(26-46(22-24-60-58-8-3)23-25-61-59-9-4)39(50)20-18-37(43)45(38,55-5)36-13-11-10-12-31(36)30-49/h10-21,30,50H,6-9,22-29H2,1-5H3. The van der Waals surface area contributed by atoms with Gasteiger partial charge >= 0.3 is 11.9 Å². The Morgan fingerprint density at radius 1 is 0.730 bits per heavy atom. The molecule has 1 heterocycles. The Hall–Kier alpha value is -5.99. The number of ether oxygens (including phenoxy) is 5. The average molecular weight is 876 g/mol. The van der Waals surface area contributed by atoms with Crippen LogP contribution in [0.5, 0.6) is 28.7 Å². The fraction of sp³-hybridized carbons (Fsp3) is 0.400. The second-order valence-electron chi connectivity index (χ2n) is 13.9. The van der Waals surface area contributed by atoms with Gasteiger partial charge in [-0.1, -0.05) is 24.3 Å². The highest BCUT2D eigenvalue weighted by atomic mass is 17.2. The number of carbonyl (C=O) groups excluding carboxylic acids is 3. The molecule has 0 aromatic heterocycles. The Kier molecular flexibility index (Phi) is 17.9. The van der Waals surface area contributed by atoms with Gasteiger partial charge in [-0.2, -0.15) is 0 Å². The summed E-state index contributed by atoms with van der Waals surface area (Å²) in [6.07, 6.45) is 0.720. The van der Waals surface area contributed by atoms with Crippen LogP contribution in [0.2, 0.25) is 0 Å². The number of phenolic OH excluding ortho intramolecular Hbond substituents is 1. The zero-order valence-corrected chi connectivity index (χ0v) is 36.0. The molecule has 0 aliphatic carbocycles. The van der Waals surface area contributed by atoms with Crippen LogP contribution >= 0.6 is 0 Å². The molecule has 0 radical (unpaired) electrons. The average Bonchev–Trinajstić information content (AvgIpc) is 3.27. The van der Waals surface area contributed by atoms with Gasteiger partial charge in [-0.15, -0.1) is 0 Å². The monoisotopic (exact) mass is 875 g/mol. The van der Waals surface area contributed by atoms with Crippen LogP contribution in [0.15, 0.2) is 72.8 Å². The smallest absolute Gasteiger partial charge is 0.320 e. The summed E-state index contributed by atoms with van der Waals surface area (Å²) in [5.41, 5.74) is 0.496. The summed E-state index contributed by atoms with van der Waals surface area (Å²) >= 11 is 0. The van der Waals surface area contributed by atoms with Crippen molar-refractivity contribution in [1.29, 1.82) is 0 Å². The lowest BCUT2D eigenvalue weighted by Gasteiger charge is -2.42. The molecule has 0 bridgehead atoms. The van der Waals surface area contributed by atoms with Gasteiger partial charge < -0.3 is 28.8 Å². The first-order valence-corrected chi connectivity index (χ1v) is 20.5. The van der Waals surface area contributed by atoms with E-state index in [1.165, 1.54) is 42.3 Å². The van der Waals surface area contributed by atoms with Crippen molar-refractivity contribution < 1.29 is 67.6 Å². The molecule has 18 heteroatoms. The van der Waals surface area contributed by atoms with Crippen LogP contribution in [-0.2, 0) is 62.0 Å². The molecule has 1 N–H and O–H groups in total. The van der Waals surface area contributed by atoms with E-state index in [0.29, 0.717) is 59.7 Å². The fourth-order valence-corrected chi connectivity index (χ4v) is 7.24. The fourth-order valence-electron chi connectivity index (χ4n) is 7.24. The zero-order chi connectivity index (χ0) is 45.4. The number of carbonyl (C=O) groups is 3. The summed E-state index contributed by atoms with van der Waals surface area (Å²) in [5.74, 6) is -0.614. The van der Waals surface area contributed by atoms with Crippen molar-refractivity contribution in [3.05, 3.63) is 116 Å². The third-order valence-corrected chi connectivity index (χ3v) is 9.93. The molecule has 63 heavy (non-hydrogen) atoms. The van der Waals surface area contributed by atoms with Gasteiger partial charge in [0.05, 0.1) is 68.8 Å². The third-order valence-electron chi connectivity index (χ3n) is 9.93. The van der Waals surface area contributed by atoms with E-state index in [4.69, 9.17) is 43.2 Å². The molecule has 18 nitrogen and oxygen atoms in total. The normalized spacial score (nSPS) is 14.1. The Labute approximate surface area is 365 Å². The molecule has 0 saturated carbocycles. The van der Waals surface area contributed by atoms with E-state index < -0.39 is 22.5 Å². The first kappa shape index (κ1) is 48.0. The van der Waals surface area contributed by atoms with E-state index >= 15 is 0 Å². The van der Waals surface area contributed by atoms with E-state index in [1.54, 1.807) is 70.2 Å². The quantitative estimate of drug-likeness (QED) is 0.0176. The molecule has 4 aromatic carbocycles. The largest absolute Gasteiger partial charge is 0.507 e. The van der Waals surface area contributed by atoms with E-state index in [9.17, 15) is 29.6 Å². The molecule has 0 fully saturated rings. The van der Waals surface area contributed by atoms with Crippen molar-refractivity contribution in [3.8, 4) is 28.7 Å². The maximum atomic E-state index is 13.1. The second-order valence-corrected chi connectivity index (χ2v) is 13.9. The number of aldehydes is 1. The predicted molar refractivity (Wildman–Crippen MR) is 225 cm³/mol. The molecular formula is C45H53N3O15. The van der Waals surface area contributed by atoms with Gasteiger partial charge in [0.15, 0.2) is 5.60 Å². The molecule has 4 aromatic rings. The van der Waals surface area contributed by atoms with E-state index in [2.05, 4.69) is 0 Å². The number of hydrogen-bond donors (Lipinski definition) is 1. The number of aromatic hydroxyl groups is 1. The first-order chi connectivity index (χ1) is 30.5. The molecular weight excluding hydrogens is 823 g/mol. The second kappa shape index (κ2) is 23.5. The molecule has 0 spiro atoms. The minimum atomic E-state index is -1.59. The maximum absolute atomic E-state index is 13.1. The number of non-ortho nitro benzene ring substituents is 1. The molecule has 1 atom stereocenters. The lowest BCUT2D eigenvalue weighted by molar-refractivity contribution is -0.384. The summed E-state index contributed by atoms with van der Waals surface area (Å²) in [7, 11) is 1.49. The number of nitrogens with zero attached hydrogens (tertiary/aromatic N) is 3. The van der Waals surface area contributed by atoms with Crippen LogP contribution < -0.4 is 9.47 Å². The number of nitro benzene ring substituents is 1. The Bertz CT molecular complexity index is 2150. The van der Waals surface area contributed by atoms with Crippen molar-refractivity contribution >= 4 is 23.9 Å². The summed E-state index contributed by atoms with van der Waals surface area (Å²) in [5, 5.41) is 23.2. The van der Waals surface area contributed by atoms with Gasteiger partial charge in [0, 0.05) is 67.7 Å². The van der Waals surface area contributed by atoms with E-state index in [0.717, 1.165) is 6.29 Å². The minimum absolute atomic E-state index is 0.0800. The molecule has 1 unspecified atom stereocenters. The van der Waals surface area contributed by atoms with Gasteiger partial charge in [0.1, 0.15) is 35.0 Å². The van der Waals surface area contributed by atoms with Crippen LogP contribution in [0.3, 0.4) is 0 Å². The van der Waals surface area contributed by atoms with Crippen LogP contribution in [0, 0.1) is 10.1 Å². The van der Waals surface area contributed by atoms with Crippen molar-refractivity contribution in [2.75, 3.05) is 72.9 Å². The third kappa shape index (κ3) is 11.7. The Morgan fingerprint density at radius 2 is 1.30 bits per heavy atom. The Morgan fingerprint density at radius 3 is 1.86 bits per heavy atom. The van der Waals surface area contributed by atoms with Gasteiger partial charge in [-0.25, -0.2) is 19.6 Å². The van der Waals surface area contributed by atoms with Crippen LogP contribution in [0.4, 0.5) is 5.69 Å². The highest BCUT2D eigenvalue weighted by Gasteiger charge is 2.48. The molecule has 5 rings (SSSR count). The minimum Gasteiger partial charge on any atom is -0.507 e. The number of esters is 2. The summed E-state index contributed by atoms with van der Waals surface area (Å²) in [4.78, 5) is 74.3. The van der Waals surface area contributed by atoms with E-state index in [1.807, 2.05) is 4.90 Å². The van der Waals surface area contributed by atoms with Crippen LogP contribution in [-0.4, -0.2) is 111 Å².